The number of aryl methyl sites for hydroxylation is 1. The number of nitrogen functional groups attached to an aromatic ring is 1. The maximum Gasteiger partial charge on any atom is 0.243 e. The fraction of sp³-hybridized carbons (Fsp3) is 0.529. The predicted molar refractivity (Wildman–Crippen MR) is 88.4 cm³/mol. The van der Waals surface area contributed by atoms with E-state index >= 15 is 0 Å². The second kappa shape index (κ2) is 7.82. The van der Waals surface area contributed by atoms with Gasteiger partial charge in [0.15, 0.2) is 0 Å². The first-order chi connectivity index (χ1) is 10.5. The zero-order chi connectivity index (χ0) is 15.9. The second-order valence-electron chi connectivity index (χ2n) is 6.11. The van der Waals surface area contributed by atoms with Gasteiger partial charge in [0.05, 0.1) is 6.54 Å². The van der Waals surface area contributed by atoms with E-state index in [1.54, 1.807) is 12.1 Å². The Labute approximate surface area is 131 Å². The number of amides is 2. The van der Waals surface area contributed by atoms with Crippen molar-refractivity contribution in [2.75, 3.05) is 17.6 Å². The van der Waals surface area contributed by atoms with E-state index in [0.29, 0.717) is 23.7 Å². The van der Waals surface area contributed by atoms with Crippen molar-refractivity contribution < 1.29 is 9.59 Å². The van der Waals surface area contributed by atoms with E-state index in [0.717, 1.165) is 18.4 Å². The molecule has 5 heteroatoms. The number of rotatable bonds is 5. The van der Waals surface area contributed by atoms with Crippen LogP contribution in [0.15, 0.2) is 18.2 Å². The minimum Gasteiger partial charge on any atom is -0.399 e. The predicted octanol–water partition coefficient (Wildman–Crippen LogP) is 2.60. The number of nitrogens with two attached hydrogens (primary N) is 1. The summed E-state index contributed by atoms with van der Waals surface area (Å²) in [6.45, 7) is 1.90. The van der Waals surface area contributed by atoms with Crippen LogP contribution in [0.1, 0.15) is 44.1 Å². The van der Waals surface area contributed by atoms with Crippen LogP contribution in [0.5, 0.6) is 0 Å². The quantitative estimate of drug-likeness (QED) is 0.731. The molecule has 2 amide bonds. The molecular weight excluding hydrogens is 278 g/mol. The third-order valence-electron chi connectivity index (χ3n) is 4.18. The lowest BCUT2D eigenvalue weighted by Crippen LogP contribution is -2.34. The highest BCUT2D eigenvalue weighted by Gasteiger charge is 2.17. The van der Waals surface area contributed by atoms with Crippen LogP contribution in [0.2, 0.25) is 0 Å². The minimum atomic E-state index is -0.231. The smallest absolute Gasteiger partial charge is 0.243 e. The van der Waals surface area contributed by atoms with E-state index in [-0.39, 0.29) is 18.4 Å². The third kappa shape index (κ3) is 5.06. The highest BCUT2D eigenvalue weighted by Crippen LogP contribution is 2.26. The molecule has 120 valence electrons. The van der Waals surface area contributed by atoms with E-state index in [9.17, 15) is 9.59 Å². The molecule has 0 aliphatic heterocycles. The SMILES string of the molecule is Cc1ccc(N)cc1NC(=O)CNC(=O)CC1CCCCC1. The van der Waals surface area contributed by atoms with Crippen LogP contribution >= 0.6 is 0 Å². The van der Waals surface area contributed by atoms with Crippen molar-refractivity contribution in [3.63, 3.8) is 0 Å². The topological polar surface area (TPSA) is 84.2 Å². The molecule has 22 heavy (non-hydrogen) atoms. The molecule has 5 nitrogen and oxygen atoms in total. The zero-order valence-corrected chi connectivity index (χ0v) is 13.2. The van der Waals surface area contributed by atoms with E-state index in [2.05, 4.69) is 10.6 Å². The highest BCUT2D eigenvalue weighted by atomic mass is 16.2. The molecule has 2 rings (SSSR count). The van der Waals surface area contributed by atoms with Crippen LogP contribution in [0.4, 0.5) is 11.4 Å². The first kappa shape index (κ1) is 16.3. The summed E-state index contributed by atoms with van der Waals surface area (Å²) in [4.78, 5) is 23.8. The highest BCUT2D eigenvalue weighted by molar-refractivity contribution is 5.95. The Hall–Kier alpha value is -2.04. The molecule has 0 unspecified atom stereocenters. The molecule has 0 atom stereocenters. The summed E-state index contributed by atoms with van der Waals surface area (Å²) in [6.07, 6.45) is 6.50. The van der Waals surface area contributed by atoms with Crippen molar-refractivity contribution in [3.8, 4) is 0 Å². The average Bonchev–Trinajstić information content (AvgIpc) is 2.50. The number of benzene rings is 1. The Morgan fingerprint density at radius 3 is 2.64 bits per heavy atom. The summed E-state index contributed by atoms with van der Waals surface area (Å²) in [5.41, 5.74) is 7.94. The lowest BCUT2D eigenvalue weighted by molar-refractivity contribution is -0.125. The van der Waals surface area contributed by atoms with E-state index < -0.39 is 0 Å². The average molecular weight is 303 g/mol. The van der Waals surface area contributed by atoms with Crippen molar-refractivity contribution in [2.24, 2.45) is 5.92 Å². The largest absolute Gasteiger partial charge is 0.399 e. The fourth-order valence-electron chi connectivity index (χ4n) is 2.87. The standard InChI is InChI=1S/C17H25N3O2/c1-12-7-8-14(18)10-15(12)20-17(22)11-19-16(21)9-13-5-3-2-4-6-13/h7-8,10,13H,2-6,9,11,18H2,1H3,(H,19,21)(H,20,22). The first-order valence-corrected chi connectivity index (χ1v) is 7.97. The number of hydrogen-bond acceptors (Lipinski definition) is 3. The lowest BCUT2D eigenvalue weighted by atomic mass is 9.87. The van der Waals surface area contributed by atoms with Gasteiger partial charge in [0.1, 0.15) is 0 Å². The number of anilines is 2. The third-order valence-corrected chi connectivity index (χ3v) is 4.18. The molecule has 1 saturated carbocycles. The molecule has 1 aromatic rings. The van der Waals surface area contributed by atoms with Gasteiger partial charge in [-0.15, -0.1) is 0 Å². The van der Waals surface area contributed by atoms with Crippen LogP contribution in [-0.4, -0.2) is 18.4 Å². The normalized spacial score (nSPS) is 15.3. The Balaban J connectivity index is 1.75. The summed E-state index contributed by atoms with van der Waals surface area (Å²) < 4.78 is 0. The molecule has 0 heterocycles. The molecular formula is C17H25N3O2. The van der Waals surface area contributed by atoms with Gasteiger partial charge < -0.3 is 16.4 Å². The maximum absolute atomic E-state index is 11.9. The van der Waals surface area contributed by atoms with Gasteiger partial charge in [-0.25, -0.2) is 0 Å². The molecule has 0 radical (unpaired) electrons. The lowest BCUT2D eigenvalue weighted by Gasteiger charge is -2.20. The fourth-order valence-corrected chi connectivity index (χ4v) is 2.87. The van der Waals surface area contributed by atoms with Gasteiger partial charge in [0, 0.05) is 17.8 Å². The van der Waals surface area contributed by atoms with Crippen molar-refractivity contribution >= 4 is 23.2 Å². The molecule has 0 saturated heterocycles. The number of carbonyl (C=O) groups excluding carboxylic acids is 2. The summed E-state index contributed by atoms with van der Waals surface area (Å²) in [5, 5.41) is 5.48. The Kier molecular flexibility index (Phi) is 5.81. The van der Waals surface area contributed by atoms with Crippen LogP contribution in [0, 0.1) is 12.8 Å². The monoisotopic (exact) mass is 303 g/mol. The van der Waals surface area contributed by atoms with Gasteiger partial charge in [0.25, 0.3) is 0 Å². The number of hydrogen-bond donors (Lipinski definition) is 3. The Bertz CT molecular complexity index is 537. The number of carbonyl (C=O) groups is 2. The van der Waals surface area contributed by atoms with Crippen LogP contribution in [0.25, 0.3) is 0 Å². The molecule has 1 aliphatic rings. The van der Waals surface area contributed by atoms with Crippen LogP contribution in [-0.2, 0) is 9.59 Å². The van der Waals surface area contributed by atoms with E-state index in [1.165, 1.54) is 19.3 Å². The van der Waals surface area contributed by atoms with Crippen molar-refractivity contribution in [3.05, 3.63) is 23.8 Å². The van der Waals surface area contributed by atoms with Gasteiger partial charge in [0.2, 0.25) is 11.8 Å². The summed E-state index contributed by atoms with van der Waals surface area (Å²) in [6, 6.07) is 5.36. The van der Waals surface area contributed by atoms with Gasteiger partial charge in [-0.2, -0.15) is 0 Å². The van der Waals surface area contributed by atoms with E-state index in [1.807, 2.05) is 13.0 Å². The zero-order valence-electron chi connectivity index (χ0n) is 13.2. The molecule has 0 spiro atoms. The molecule has 1 aliphatic carbocycles. The molecule has 4 N–H and O–H groups in total. The van der Waals surface area contributed by atoms with Gasteiger partial charge in [-0.05, 0) is 43.4 Å². The summed E-state index contributed by atoms with van der Waals surface area (Å²) in [7, 11) is 0. The summed E-state index contributed by atoms with van der Waals surface area (Å²) in [5.74, 6) is 0.213. The van der Waals surface area contributed by atoms with Gasteiger partial charge in [-0.3, -0.25) is 9.59 Å². The van der Waals surface area contributed by atoms with Gasteiger partial charge in [-0.1, -0.05) is 25.3 Å². The van der Waals surface area contributed by atoms with Crippen LogP contribution < -0.4 is 16.4 Å². The van der Waals surface area contributed by atoms with Crippen molar-refractivity contribution in [1.29, 1.82) is 0 Å². The molecule has 1 aromatic carbocycles. The first-order valence-electron chi connectivity index (χ1n) is 7.97. The minimum absolute atomic E-state index is 0.000206. The molecule has 1 fully saturated rings. The summed E-state index contributed by atoms with van der Waals surface area (Å²) >= 11 is 0. The Morgan fingerprint density at radius 2 is 1.91 bits per heavy atom. The van der Waals surface area contributed by atoms with Crippen molar-refractivity contribution in [1.82, 2.24) is 5.32 Å². The van der Waals surface area contributed by atoms with Gasteiger partial charge >= 0.3 is 0 Å². The van der Waals surface area contributed by atoms with Crippen molar-refractivity contribution in [2.45, 2.75) is 45.4 Å². The van der Waals surface area contributed by atoms with Crippen LogP contribution in [0.3, 0.4) is 0 Å². The number of nitrogens with one attached hydrogen (secondary N) is 2. The maximum atomic E-state index is 11.9. The Morgan fingerprint density at radius 1 is 1.18 bits per heavy atom. The van der Waals surface area contributed by atoms with E-state index in [4.69, 9.17) is 5.73 Å². The second-order valence-corrected chi connectivity index (χ2v) is 6.11. The molecule has 0 aromatic heterocycles. The molecule has 0 bridgehead atoms.